The molecule has 1 fully saturated rings. The van der Waals surface area contributed by atoms with E-state index in [2.05, 4.69) is 37.6 Å². The van der Waals surface area contributed by atoms with Crippen LogP contribution in [-0.2, 0) is 0 Å². The fourth-order valence-electron chi connectivity index (χ4n) is 1.85. The molecule has 1 aliphatic heterocycles. The van der Waals surface area contributed by atoms with Crippen LogP contribution in [-0.4, -0.2) is 25.0 Å². The van der Waals surface area contributed by atoms with Gasteiger partial charge in [0.25, 0.3) is 0 Å². The van der Waals surface area contributed by atoms with Crippen LogP contribution in [0.15, 0.2) is 36.5 Å². The SMILES string of the molecule is C=CC=C/C(=C\C)C1CCN(C)C1. The number of hydrogen-bond acceptors (Lipinski definition) is 1. The zero-order valence-electron chi connectivity index (χ0n) is 8.66. The van der Waals surface area contributed by atoms with E-state index in [0.717, 1.165) is 5.92 Å². The van der Waals surface area contributed by atoms with Gasteiger partial charge in [-0.2, -0.15) is 0 Å². The third kappa shape index (κ3) is 2.85. The standard InChI is InChI=1S/C12H19N/c1-4-6-7-11(5-2)12-8-9-13(3)10-12/h4-7,12H,1,8-10H2,2-3H3/b7-6?,11-5+. The first kappa shape index (κ1) is 10.3. The second-order valence-electron chi connectivity index (χ2n) is 3.63. The molecule has 0 spiro atoms. The molecule has 1 heteroatoms. The van der Waals surface area contributed by atoms with Gasteiger partial charge in [0.05, 0.1) is 0 Å². The normalized spacial score (nSPS) is 25.7. The van der Waals surface area contributed by atoms with Crippen LogP contribution in [0.3, 0.4) is 0 Å². The summed E-state index contributed by atoms with van der Waals surface area (Å²) in [4.78, 5) is 2.38. The average molecular weight is 177 g/mol. The molecule has 0 aliphatic carbocycles. The lowest BCUT2D eigenvalue weighted by atomic mass is 9.97. The molecule has 0 saturated carbocycles. The predicted octanol–water partition coefficient (Wildman–Crippen LogP) is 2.63. The van der Waals surface area contributed by atoms with Crippen molar-refractivity contribution in [1.29, 1.82) is 0 Å². The van der Waals surface area contributed by atoms with Crippen molar-refractivity contribution >= 4 is 0 Å². The van der Waals surface area contributed by atoms with E-state index in [1.807, 2.05) is 12.2 Å². The molecule has 1 atom stereocenters. The van der Waals surface area contributed by atoms with E-state index in [1.165, 1.54) is 25.1 Å². The molecule has 1 aliphatic rings. The van der Waals surface area contributed by atoms with E-state index < -0.39 is 0 Å². The zero-order valence-corrected chi connectivity index (χ0v) is 8.66. The van der Waals surface area contributed by atoms with Crippen LogP contribution >= 0.6 is 0 Å². The quantitative estimate of drug-likeness (QED) is 0.599. The number of allylic oxidation sites excluding steroid dienone is 4. The average Bonchev–Trinajstić information content (AvgIpc) is 2.54. The third-order valence-electron chi connectivity index (χ3n) is 2.62. The van der Waals surface area contributed by atoms with Gasteiger partial charge in [0.2, 0.25) is 0 Å². The number of nitrogens with zero attached hydrogens (tertiary/aromatic N) is 1. The molecule has 0 aromatic heterocycles. The number of rotatable bonds is 3. The Morgan fingerprint density at radius 1 is 1.54 bits per heavy atom. The first-order chi connectivity index (χ1) is 6.27. The number of hydrogen-bond donors (Lipinski definition) is 0. The highest BCUT2D eigenvalue weighted by molar-refractivity contribution is 5.24. The molecule has 0 bridgehead atoms. The van der Waals surface area contributed by atoms with E-state index in [-0.39, 0.29) is 0 Å². The summed E-state index contributed by atoms with van der Waals surface area (Å²) < 4.78 is 0. The highest BCUT2D eigenvalue weighted by atomic mass is 15.1. The van der Waals surface area contributed by atoms with Gasteiger partial charge < -0.3 is 4.90 Å². The summed E-state index contributed by atoms with van der Waals surface area (Å²) in [5, 5.41) is 0. The lowest BCUT2D eigenvalue weighted by molar-refractivity contribution is 0.406. The topological polar surface area (TPSA) is 3.24 Å². The van der Waals surface area contributed by atoms with Gasteiger partial charge >= 0.3 is 0 Å². The van der Waals surface area contributed by atoms with Crippen LogP contribution in [0.1, 0.15) is 13.3 Å². The summed E-state index contributed by atoms with van der Waals surface area (Å²) in [5.74, 6) is 0.728. The summed E-state index contributed by atoms with van der Waals surface area (Å²) in [7, 11) is 2.19. The van der Waals surface area contributed by atoms with Gasteiger partial charge in [0.15, 0.2) is 0 Å². The Morgan fingerprint density at radius 2 is 2.31 bits per heavy atom. The first-order valence-electron chi connectivity index (χ1n) is 4.91. The van der Waals surface area contributed by atoms with Crippen molar-refractivity contribution in [2.24, 2.45) is 5.92 Å². The molecular weight excluding hydrogens is 158 g/mol. The van der Waals surface area contributed by atoms with E-state index in [4.69, 9.17) is 0 Å². The van der Waals surface area contributed by atoms with Crippen molar-refractivity contribution in [3.63, 3.8) is 0 Å². The molecule has 0 N–H and O–H groups in total. The molecule has 72 valence electrons. The number of likely N-dealkylation sites (tertiary alicyclic amines) is 1. The van der Waals surface area contributed by atoms with Gasteiger partial charge in [0, 0.05) is 6.54 Å². The Bertz CT molecular complexity index is 225. The lowest BCUT2D eigenvalue weighted by Gasteiger charge is -2.11. The van der Waals surface area contributed by atoms with Gasteiger partial charge in [-0.05, 0) is 38.4 Å². The third-order valence-corrected chi connectivity index (χ3v) is 2.62. The van der Waals surface area contributed by atoms with Crippen LogP contribution in [0.2, 0.25) is 0 Å². The van der Waals surface area contributed by atoms with Gasteiger partial charge in [-0.3, -0.25) is 0 Å². The van der Waals surface area contributed by atoms with Crippen LogP contribution in [0.25, 0.3) is 0 Å². The fourth-order valence-corrected chi connectivity index (χ4v) is 1.85. The smallest absolute Gasteiger partial charge is 0.00476 e. The molecule has 1 heterocycles. The van der Waals surface area contributed by atoms with Crippen LogP contribution < -0.4 is 0 Å². The lowest BCUT2D eigenvalue weighted by Crippen LogP contribution is -2.14. The molecule has 1 saturated heterocycles. The van der Waals surface area contributed by atoms with Crippen molar-refractivity contribution in [3.8, 4) is 0 Å². The second-order valence-corrected chi connectivity index (χ2v) is 3.63. The molecule has 0 radical (unpaired) electrons. The predicted molar refractivity (Wildman–Crippen MR) is 58.7 cm³/mol. The second kappa shape index (κ2) is 5.03. The summed E-state index contributed by atoms with van der Waals surface area (Å²) >= 11 is 0. The monoisotopic (exact) mass is 177 g/mol. The zero-order chi connectivity index (χ0) is 9.68. The van der Waals surface area contributed by atoms with Crippen LogP contribution in [0, 0.1) is 5.92 Å². The van der Waals surface area contributed by atoms with Crippen molar-refractivity contribution < 1.29 is 0 Å². The van der Waals surface area contributed by atoms with Crippen molar-refractivity contribution in [3.05, 3.63) is 36.5 Å². The molecule has 0 amide bonds. The molecule has 0 aromatic rings. The van der Waals surface area contributed by atoms with Gasteiger partial charge in [-0.25, -0.2) is 0 Å². The maximum Gasteiger partial charge on any atom is 0.00476 e. The Labute approximate surface area is 81.4 Å². The minimum Gasteiger partial charge on any atom is -0.306 e. The van der Waals surface area contributed by atoms with Crippen LogP contribution in [0.5, 0.6) is 0 Å². The van der Waals surface area contributed by atoms with E-state index in [9.17, 15) is 0 Å². The maximum absolute atomic E-state index is 3.68. The summed E-state index contributed by atoms with van der Waals surface area (Å²) in [6.45, 7) is 8.22. The Kier molecular flexibility index (Phi) is 3.97. The van der Waals surface area contributed by atoms with Crippen LogP contribution in [0.4, 0.5) is 0 Å². The fraction of sp³-hybridized carbons (Fsp3) is 0.500. The highest BCUT2D eigenvalue weighted by Crippen LogP contribution is 2.23. The Morgan fingerprint density at radius 3 is 2.77 bits per heavy atom. The molecular formula is C12H19N. The minimum atomic E-state index is 0.728. The molecule has 13 heavy (non-hydrogen) atoms. The highest BCUT2D eigenvalue weighted by Gasteiger charge is 2.20. The van der Waals surface area contributed by atoms with Gasteiger partial charge in [-0.15, -0.1) is 0 Å². The van der Waals surface area contributed by atoms with Crippen molar-refractivity contribution in [2.75, 3.05) is 20.1 Å². The summed E-state index contributed by atoms with van der Waals surface area (Å²) in [5.41, 5.74) is 1.45. The summed E-state index contributed by atoms with van der Waals surface area (Å²) in [6, 6.07) is 0. The molecule has 1 nitrogen and oxygen atoms in total. The molecule has 0 aromatic carbocycles. The van der Waals surface area contributed by atoms with E-state index in [0.29, 0.717) is 0 Å². The maximum atomic E-state index is 3.68. The Hall–Kier alpha value is -0.820. The van der Waals surface area contributed by atoms with Crippen molar-refractivity contribution in [2.45, 2.75) is 13.3 Å². The molecule has 1 unspecified atom stereocenters. The van der Waals surface area contributed by atoms with Crippen molar-refractivity contribution in [1.82, 2.24) is 4.90 Å². The minimum absolute atomic E-state index is 0.728. The molecule has 1 rings (SSSR count). The largest absolute Gasteiger partial charge is 0.306 e. The first-order valence-corrected chi connectivity index (χ1v) is 4.91. The summed E-state index contributed by atoms with van der Waals surface area (Å²) in [6.07, 6.45) is 9.54. The van der Waals surface area contributed by atoms with E-state index >= 15 is 0 Å². The van der Waals surface area contributed by atoms with Gasteiger partial charge in [0.1, 0.15) is 0 Å². The Balaban J connectivity index is 2.58. The van der Waals surface area contributed by atoms with Gasteiger partial charge in [-0.1, -0.05) is 30.9 Å². The van der Waals surface area contributed by atoms with E-state index in [1.54, 1.807) is 0 Å².